The second kappa shape index (κ2) is 20.8. The summed E-state index contributed by atoms with van der Waals surface area (Å²) >= 11 is 0. The van der Waals surface area contributed by atoms with Gasteiger partial charge >= 0.3 is 0 Å². The Morgan fingerprint density at radius 2 is 0.654 bits per heavy atom. The first-order valence-electron chi connectivity index (χ1n) is 35.6. The van der Waals surface area contributed by atoms with Gasteiger partial charge in [-0.15, -0.1) is 0 Å². The predicted octanol–water partition coefficient (Wildman–Crippen LogP) is 24.6. The van der Waals surface area contributed by atoms with Gasteiger partial charge in [0.05, 0.1) is 90.7 Å². The maximum Gasteiger partial charge on any atom is 0.0810 e. The quantitative estimate of drug-likeness (QED) is 0.159. The number of para-hydroxylation sites is 3. The molecule has 8 heteroatoms. The van der Waals surface area contributed by atoms with Crippen LogP contribution >= 0.6 is 0 Å². The molecular formula is C96H54N8. The van der Waals surface area contributed by atoms with Crippen LogP contribution in [0.3, 0.4) is 0 Å². The van der Waals surface area contributed by atoms with E-state index in [-0.39, 0.29) is 0 Å². The minimum absolute atomic E-state index is 0.953. The largest absolute Gasteiger partial charge is 0.309 e. The molecule has 0 saturated heterocycles. The van der Waals surface area contributed by atoms with Gasteiger partial charge < -0.3 is 18.3 Å². The van der Waals surface area contributed by atoms with Crippen LogP contribution in [0.25, 0.3) is 231 Å². The Balaban J connectivity index is 0.590. The van der Waals surface area contributed by atoms with Crippen molar-refractivity contribution < 1.29 is 0 Å². The smallest absolute Gasteiger partial charge is 0.0810 e. The highest BCUT2D eigenvalue weighted by Crippen LogP contribution is 2.51. The third-order valence-electron chi connectivity index (χ3n) is 22.7. The van der Waals surface area contributed by atoms with Crippen LogP contribution < -0.4 is 0 Å². The van der Waals surface area contributed by atoms with Crippen molar-refractivity contribution in [3.05, 3.63) is 328 Å². The molecule has 2 aliphatic rings. The van der Waals surface area contributed by atoms with Crippen molar-refractivity contribution in [3.8, 4) is 101 Å². The zero-order valence-corrected chi connectivity index (χ0v) is 55.8. The van der Waals surface area contributed by atoms with E-state index in [1.165, 1.54) is 103 Å². The lowest BCUT2D eigenvalue weighted by atomic mass is 9.96. The van der Waals surface area contributed by atoms with Crippen molar-refractivity contribution in [2.45, 2.75) is 0 Å². The van der Waals surface area contributed by atoms with Gasteiger partial charge in [0.1, 0.15) is 0 Å². The van der Waals surface area contributed by atoms with Gasteiger partial charge in [-0.05, 0) is 182 Å². The lowest BCUT2D eigenvalue weighted by Crippen LogP contribution is -1.97. The number of rotatable bonds is 7. The zero-order chi connectivity index (χ0) is 67.6. The number of fused-ring (bicyclic) bond motifs is 21. The Labute approximate surface area is 594 Å². The van der Waals surface area contributed by atoms with E-state index in [9.17, 15) is 0 Å². The summed E-state index contributed by atoms with van der Waals surface area (Å²) in [5.74, 6) is 0. The maximum atomic E-state index is 5.39. The number of nitrogens with zero attached hydrogens (tertiary/aromatic N) is 8. The van der Waals surface area contributed by atoms with Gasteiger partial charge in [0, 0.05) is 105 Å². The molecule has 0 fully saturated rings. The van der Waals surface area contributed by atoms with Gasteiger partial charge in [0.25, 0.3) is 0 Å². The molecule has 8 nitrogen and oxygen atoms in total. The first-order chi connectivity index (χ1) is 51.6. The van der Waals surface area contributed by atoms with Gasteiger partial charge in [-0.25, -0.2) is 0 Å². The average molecular weight is 1320 g/mol. The van der Waals surface area contributed by atoms with Crippen molar-refractivity contribution in [2.24, 2.45) is 0 Å². The molecule has 24 rings (SSSR count). The molecule has 22 aromatic rings. The molecule has 14 aromatic carbocycles. The summed E-state index contributed by atoms with van der Waals surface area (Å²) < 4.78 is 9.63. The molecule has 0 radical (unpaired) electrons. The molecular weight excluding hydrogens is 1270 g/mol. The van der Waals surface area contributed by atoms with Gasteiger partial charge in [-0.3, -0.25) is 19.9 Å². The van der Waals surface area contributed by atoms with E-state index in [0.717, 1.165) is 128 Å². The van der Waals surface area contributed by atoms with Crippen molar-refractivity contribution in [1.82, 2.24) is 38.2 Å². The Morgan fingerprint density at radius 1 is 0.192 bits per heavy atom. The number of hydrogen-bond acceptors (Lipinski definition) is 4. The van der Waals surface area contributed by atoms with Crippen molar-refractivity contribution >= 4 is 130 Å². The first-order valence-corrected chi connectivity index (χ1v) is 35.6. The third kappa shape index (κ3) is 7.69. The van der Waals surface area contributed by atoms with Crippen molar-refractivity contribution in [2.75, 3.05) is 0 Å². The summed E-state index contributed by atoms with van der Waals surface area (Å²) in [6, 6.07) is 112. The molecule has 0 amide bonds. The van der Waals surface area contributed by atoms with E-state index in [2.05, 4.69) is 328 Å². The highest BCUT2D eigenvalue weighted by Gasteiger charge is 2.29. The Morgan fingerprint density at radius 3 is 1.31 bits per heavy atom. The molecule has 2 aliphatic carbocycles. The first kappa shape index (κ1) is 55.8. The Kier molecular flexibility index (Phi) is 11.1. The van der Waals surface area contributed by atoms with E-state index in [0.29, 0.717) is 0 Å². The molecule has 0 saturated carbocycles. The Hall–Kier alpha value is -14.1. The highest BCUT2D eigenvalue weighted by atomic mass is 15.0. The van der Waals surface area contributed by atoms with Gasteiger partial charge in [-0.2, -0.15) is 0 Å². The van der Waals surface area contributed by atoms with E-state index in [1.54, 1.807) is 0 Å². The normalized spacial score (nSPS) is 12.4. The number of aromatic nitrogens is 8. The van der Waals surface area contributed by atoms with Crippen LogP contribution in [0.4, 0.5) is 0 Å². The molecule has 478 valence electrons. The summed E-state index contributed by atoms with van der Waals surface area (Å²) in [5, 5.41) is 19.1. The van der Waals surface area contributed by atoms with Crippen LogP contribution in [-0.2, 0) is 0 Å². The van der Waals surface area contributed by atoms with Crippen molar-refractivity contribution in [3.63, 3.8) is 0 Å². The standard InChI is InChI=1S/C96H54N8/c1-2-17-64(18-3-1)101-83-23-10-8-20-70(83)76-46-61(28-37-85(76)101)63-30-39-87-79(49-63)80-45-58-14-4-5-15-59(58)50-89(80)103(87)67-52-82-93(100-54-67)75-36-35-68(72-42-44-98-95(82)91(72)75)56-25-32-65(33-26-56)104-88-40-31-62(48-78(88)73-34-27-55-13-6-7-19-69(55)96(73)104)60-29-38-86-77(47-60)71-21-9-11-24-84(71)102(86)66-51-81-92(99-53-66)74-22-12-16-57-41-43-97-94(81)90(57)74/h1-54H. The van der Waals surface area contributed by atoms with E-state index >= 15 is 0 Å². The minimum Gasteiger partial charge on any atom is -0.309 e. The molecule has 0 N–H and O–H groups in total. The number of pyridine rings is 4. The lowest BCUT2D eigenvalue weighted by molar-refractivity contribution is 1.14. The third-order valence-corrected chi connectivity index (χ3v) is 22.7. The van der Waals surface area contributed by atoms with E-state index in [4.69, 9.17) is 19.9 Å². The summed E-state index contributed by atoms with van der Waals surface area (Å²) in [5.41, 5.74) is 28.7. The molecule has 0 atom stereocenters. The average Bonchev–Trinajstić information content (AvgIpc) is 1.54. The molecule has 0 aliphatic heterocycles. The molecule has 8 heterocycles. The molecule has 0 unspecified atom stereocenters. The van der Waals surface area contributed by atoms with Gasteiger partial charge in [0.2, 0.25) is 0 Å². The lowest BCUT2D eigenvalue weighted by Gasteiger charge is -2.13. The second-order valence-electron chi connectivity index (χ2n) is 28.1. The van der Waals surface area contributed by atoms with E-state index < -0.39 is 0 Å². The molecule has 8 aromatic heterocycles. The van der Waals surface area contributed by atoms with Crippen LogP contribution in [0.1, 0.15) is 0 Å². The van der Waals surface area contributed by atoms with Crippen LogP contribution in [0.15, 0.2) is 328 Å². The van der Waals surface area contributed by atoms with E-state index in [1.807, 2.05) is 18.6 Å². The van der Waals surface area contributed by atoms with Crippen molar-refractivity contribution in [1.29, 1.82) is 0 Å². The fraction of sp³-hybridized carbons (Fsp3) is 0. The fourth-order valence-electron chi connectivity index (χ4n) is 18.1. The monoisotopic (exact) mass is 1320 g/mol. The predicted molar refractivity (Wildman–Crippen MR) is 430 cm³/mol. The van der Waals surface area contributed by atoms with Gasteiger partial charge in [0.15, 0.2) is 0 Å². The summed E-state index contributed by atoms with van der Waals surface area (Å²) in [6.07, 6.45) is 7.98. The topological polar surface area (TPSA) is 71.3 Å². The SMILES string of the molecule is c1ccc(-n2c3ccccc3c3cc(-c4ccc5c(c4)c4cc6ccccc6cc4n5-c4cnc5c(c4)-c4nccc6c(-c7ccc(-n8c9ccc(-c%10ccc%11c(c%10)c%10ccccc%10n%11-c%10cnc%11c(c%10)-c%10nccc%12cccc-%11c%10%12)cc9c9ccc%10ccccc%10c98)cc7)ccc-5c46)ccc32)cc1. The maximum absolute atomic E-state index is 5.39. The fourth-order valence-corrected chi connectivity index (χ4v) is 18.1. The second-order valence-corrected chi connectivity index (χ2v) is 28.1. The molecule has 0 bridgehead atoms. The van der Waals surface area contributed by atoms with Gasteiger partial charge in [-0.1, -0.05) is 182 Å². The highest BCUT2D eigenvalue weighted by molar-refractivity contribution is 6.22. The molecule has 104 heavy (non-hydrogen) atoms. The van der Waals surface area contributed by atoms with Crippen LogP contribution in [0.5, 0.6) is 0 Å². The minimum atomic E-state index is 0.953. The molecule has 0 spiro atoms. The Bertz CT molecular complexity index is 7590. The zero-order valence-electron chi connectivity index (χ0n) is 55.8. The van der Waals surface area contributed by atoms with Crippen LogP contribution in [0.2, 0.25) is 0 Å². The summed E-state index contributed by atoms with van der Waals surface area (Å²) in [4.78, 5) is 20.6. The number of hydrogen-bond donors (Lipinski definition) is 0. The summed E-state index contributed by atoms with van der Waals surface area (Å²) in [6.45, 7) is 0. The summed E-state index contributed by atoms with van der Waals surface area (Å²) in [7, 11) is 0. The number of benzene rings is 14. The van der Waals surface area contributed by atoms with Crippen LogP contribution in [-0.4, -0.2) is 38.2 Å². The van der Waals surface area contributed by atoms with Crippen LogP contribution in [0, 0.1) is 0 Å².